The molecule has 5 nitrogen and oxygen atoms in total. The number of carbonyl (C=O) groups excluding carboxylic acids is 2. The molecule has 0 bridgehead atoms. The second-order valence-electron chi connectivity index (χ2n) is 5.64. The van der Waals surface area contributed by atoms with Crippen LogP contribution in [0.5, 0.6) is 11.5 Å². The van der Waals surface area contributed by atoms with E-state index in [1.807, 2.05) is 35.6 Å². The Bertz CT molecular complexity index is 947. The Balaban J connectivity index is 1.87. The summed E-state index contributed by atoms with van der Waals surface area (Å²) in [5.74, 6) is 0.0262. The van der Waals surface area contributed by atoms with Gasteiger partial charge < -0.3 is 9.84 Å². The molecule has 2 amide bonds. The van der Waals surface area contributed by atoms with Crippen LogP contribution in [0.3, 0.4) is 0 Å². The summed E-state index contributed by atoms with van der Waals surface area (Å²) < 4.78 is 6.01. The van der Waals surface area contributed by atoms with E-state index in [-0.39, 0.29) is 23.4 Å². The van der Waals surface area contributed by atoms with Crippen LogP contribution in [0.2, 0.25) is 5.02 Å². The molecule has 0 atom stereocenters. The minimum Gasteiger partial charge on any atom is -0.504 e. The average Bonchev–Trinajstić information content (AvgIpc) is 2.88. The van der Waals surface area contributed by atoms with Gasteiger partial charge in [0.1, 0.15) is 0 Å². The highest BCUT2D eigenvalue weighted by Crippen LogP contribution is 2.37. The van der Waals surface area contributed by atoms with Gasteiger partial charge in [0.15, 0.2) is 11.5 Å². The summed E-state index contributed by atoms with van der Waals surface area (Å²) in [5, 5.41) is 10.2. The van der Waals surface area contributed by atoms with Crippen LogP contribution in [0, 0.1) is 3.57 Å². The van der Waals surface area contributed by atoms with Gasteiger partial charge in [-0.3, -0.25) is 14.5 Å². The molecule has 8 heteroatoms. The molecule has 1 heterocycles. The van der Waals surface area contributed by atoms with E-state index in [0.29, 0.717) is 37.0 Å². The van der Waals surface area contributed by atoms with Gasteiger partial charge in [-0.25, -0.2) is 0 Å². The van der Waals surface area contributed by atoms with E-state index in [9.17, 15) is 14.7 Å². The molecule has 1 aliphatic heterocycles. The molecule has 0 aliphatic carbocycles. The quantitative estimate of drug-likeness (QED) is 0.433. The number of amides is 2. The van der Waals surface area contributed by atoms with Crippen molar-refractivity contribution in [1.82, 2.24) is 4.90 Å². The third-order valence-electron chi connectivity index (χ3n) is 3.81. The first-order chi connectivity index (χ1) is 12.9. The molecule has 0 spiro atoms. The van der Waals surface area contributed by atoms with Gasteiger partial charge >= 0.3 is 0 Å². The van der Waals surface area contributed by atoms with Crippen LogP contribution in [-0.2, 0) is 11.3 Å². The van der Waals surface area contributed by atoms with Gasteiger partial charge in [0.25, 0.3) is 11.1 Å². The number of halogens is 2. The lowest BCUT2D eigenvalue weighted by Gasteiger charge is -2.13. The fraction of sp³-hybridized carbons (Fsp3) is 0.158. The van der Waals surface area contributed by atoms with Crippen molar-refractivity contribution >= 4 is 63.2 Å². The maximum Gasteiger partial charge on any atom is 0.293 e. The van der Waals surface area contributed by atoms with Crippen LogP contribution in [0.15, 0.2) is 41.3 Å². The standard InChI is InChI=1S/C19H15ClINO4S/c1-2-26-15-8-11(7-14(21)17(15)23)9-16-18(24)22(19(25)27-16)10-12-5-3-4-6-13(12)20/h3-9,23H,2,10H2,1H3/b16-9-. The topological polar surface area (TPSA) is 66.8 Å². The Hall–Kier alpha value is -1.71. The maximum atomic E-state index is 12.7. The Morgan fingerprint density at radius 3 is 2.74 bits per heavy atom. The number of ether oxygens (including phenoxy) is 1. The zero-order valence-corrected chi connectivity index (χ0v) is 18.0. The van der Waals surface area contributed by atoms with Crippen molar-refractivity contribution in [1.29, 1.82) is 0 Å². The van der Waals surface area contributed by atoms with E-state index in [1.54, 1.807) is 36.4 Å². The molecule has 1 fully saturated rings. The van der Waals surface area contributed by atoms with Gasteiger partial charge in [-0.05, 0) is 76.7 Å². The fourth-order valence-corrected chi connectivity index (χ4v) is 4.19. The number of thioether (sulfide) groups is 1. The van der Waals surface area contributed by atoms with E-state index in [0.717, 1.165) is 11.8 Å². The lowest BCUT2D eigenvalue weighted by molar-refractivity contribution is -0.123. The summed E-state index contributed by atoms with van der Waals surface area (Å²) >= 11 is 9.01. The molecule has 27 heavy (non-hydrogen) atoms. The van der Waals surface area contributed by atoms with Crippen molar-refractivity contribution in [3.05, 3.63) is 61.0 Å². The normalized spacial score (nSPS) is 15.7. The van der Waals surface area contributed by atoms with Crippen LogP contribution < -0.4 is 4.74 Å². The maximum absolute atomic E-state index is 12.7. The largest absolute Gasteiger partial charge is 0.504 e. The molecule has 1 saturated heterocycles. The number of imide groups is 1. The summed E-state index contributed by atoms with van der Waals surface area (Å²) in [6, 6.07) is 10.5. The van der Waals surface area contributed by atoms with Gasteiger partial charge in [-0.2, -0.15) is 0 Å². The zero-order valence-electron chi connectivity index (χ0n) is 14.2. The predicted octanol–water partition coefficient (Wildman–Crippen LogP) is 5.29. The van der Waals surface area contributed by atoms with Crippen LogP contribution >= 0.6 is 46.0 Å². The highest BCUT2D eigenvalue weighted by Gasteiger charge is 2.35. The second kappa shape index (κ2) is 8.53. The van der Waals surface area contributed by atoms with Crippen molar-refractivity contribution in [2.24, 2.45) is 0 Å². The number of aromatic hydroxyl groups is 1. The first kappa shape index (κ1) is 20.0. The summed E-state index contributed by atoms with van der Waals surface area (Å²) in [7, 11) is 0. The lowest BCUT2D eigenvalue weighted by Crippen LogP contribution is -2.27. The molecule has 0 radical (unpaired) electrons. The Kier molecular flexibility index (Phi) is 6.33. The van der Waals surface area contributed by atoms with E-state index >= 15 is 0 Å². The van der Waals surface area contributed by atoms with Gasteiger partial charge in [-0.1, -0.05) is 29.8 Å². The molecule has 1 N–H and O–H groups in total. The van der Waals surface area contributed by atoms with Crippen LogP contribution in [0.1, 0.15) is 18.1 Å². The minimum atomic E-state index is -0.369. The number of nitrogens with zero attached hydrogens (tertiary/aromatic N) is 1. The SMILES string of the molecule is CCOc1cc(/C=C2\SC(=O)N(Cc3ccccc3Cl)C2=O)cc(I)c1O. The van der Waals surface area contributed by atoms with Crippen molar-refractivity contribution in [2.75, 3.05) is 6.61 Å². The van der Waals surface area contributed by atoms with Gasteiger partial charge in [-0.15, -0.1) is 0 Å². The van der Waals surface area contributed by atoms with E-state index in [4.69, 9.17) is 16.3 Å². The Morgan fingerprint density at radius 1 is 1.30 bits per heavy atom. The van der Waals surface area contributed by atoms with Crippen LogP contribution in [0.25, 0.3) is 6.08 Å². The number of carbonyl (C=O) groups is 2. The molecular weight excluding hydrogens is 501 g/mol. The molecule has 0 unspecified atom stereocenters. The van der Waals surface area contributed by atoms with E-state index in [1.165, 1.54) is 4.90 Å². The zero-order chi connectivity index (χ0) is 19.6. The molecule has 0 aromatic heterocycles. The first-order valence-corrected chi connectivity index (χ1v) is 10.3. The van der Waals surface area contributed by atoms with Crippen molar-refractivity contribution in [3.63, 3.8) is 0 Å². The number of hydrogen-bond donors (Lipinski definition) is 1. The van der Waals surface area contributed by atoms with Crippen LogP contribution in [-0.4, -0.2) is 27.8 Å². The summed E-state index contributed by atoms with van der Waals surface area (Å²) in [5.41, 5.74) is 1.38. The smallest absolute Gasteiger partial charge is 0.293 e. The van der Waals surface area contributed by atoms with Crippen molar-refractivity contribution in [3.8, 4) is 11.5 Å². The minimum absolute atomic E-state index is 0.0569. The average molecular weight is 516 g/mol. The molecule has 140 valence electrons. The molecule has 1 aliphatic rings. The monoisotopic (exact) mass is 515 g/mol. The second-order valence-corrected chi connectivity index (χ2v) is 8.20. The first-order valence-electron chi connectivity index (χ1n) is 8.04. The Morgan fingerprint density at radius 2 is 2.04 bits per heavy atom. The van der Waals surface area contributed by atoms with Crippen molar-refractivity contribution in [2.45, 2.75) is 13.5 Å². The molecular formula is C19H15ClINO4S. The van der Waals surface area contributed by atoms with Gasteiger partial charge in [0, 0.05) is 5.02 Å². The van der Waals surface area contributed by atoms with E-state index < -0.39 is 0 Å². The summed E-state index contributed by atoms with van der Waals surface area (Å²) in [6.45, 7) is 2.35. The summed E-state index contributed by atoms with van der Waals surface area (Å²) in [6.07, 6.45) is 1.63. The highest BCUT2D eigenvalue weighted by molar-refractivity contribution is 14.1. The molecule has 3 rings (SSSR count). The molecule has 2 aromatic rings. The number of hydrogen-bond acceptors (Lipinski definition) is 5. The highest BCUT2D eigenvalue weighted by atomic mass is 127. The molecule has 2 aromatic carbocycles. The fourth-order valence-electron chi connectivity index (χ4n) is 2.53. The van der Waals surface area contributed by atoms with Gasteiger partial charge in [0.05, 0.1) is 21.6 Å². The number of benzene rings is 2. The third kappa shape index (κ3) is 4.41. The molecule has 0 saturated carbocycles. The Labute approximate surface area is 179 Å². The van der Waals surface area contributed by atoms with Gasteiger partial charge in [0.2, 0.25) is 0 Å². The number of phenols is 1. The lowest BCUT2D eigenvalue weighted by atomic mass is 10.1. The number of phenolic OH excluding ortho intramolecular Hbond substituents is 1. The third-order valence-corrected chi connectivity index (χ3v) is 5.91. The number of rotatable bonds is 5. The van der Waals surface area contributed by atoms with Crippen LogP contribution in [0.4, 0.5) is 4.79 Å². The predicted molar refractivity (Wildman–Crippen MR) is 115 cm³/mol. The summed E-state index contributed by atoms with van der Waals surface area (Å²) in [4.78, 5) is 26.5. The van der Waals surface area contributed by atoms with Crippen molar-refractivity contribution < 1.29 is 19.4 Å². The van der Waals surface area contributed by atoms with E-state index in [2.05, 4.69) is 0 Å².